The summed E-state index contributed by atoms with van der Waals surface area (Å²) in [6.45, 7) is 2.26. The van der Waals surface area contributed by atoms with Crippen LogP contribution in [0, 0.1) is 11.3 Å². The molecule has 0 aromatic heterocycles. The van der Waals surface area contributed by atoms with E-state index in [9.17, 15) is 31.1 Å². The fraction of sp³-hybridized carbons (Fsp3) is 0.533. The number of aliphatic hydroxyl groups is 1. The maximum Gasteiger partial charge on any atom is 0.415 e. The lowest BCUT2D eigenvalue weighted by atomic mass is 9.74. The van der Waals surface area contributed by atoms with Crippen molar-refractivity contribution in [1.82, 2.24) is 0 Å². The van der Waals surface area contributed by atoms with Gasteiger partial charge in [0.15, 0.2) is 11.9 Å². The number of ketones is 1. The summed E-state index contributed by atoms with van der Waals surface area (Å²) in [5.74, 6) is -5.21. The first-order valence-electron chi connectivity index (χ1n) is 6.66. The van der Waals surface area contributed by atoms with E-state index in [1.165, 1.54) is 0 Å². The van der Waals surface area contributed by atoms with Crippen LogP contribution in [-0.4, -0.2) is 29.3 Å². The third kappa shape index (κ3) is 4.95. The molecule has 2 atom stereocenters. The van der Waals surface area contributed by atoms with E-state index in [-0.39, 0.29) is 6.42 Å². The Hall–Kier alpha value is -1.57. The number of hydrogen-bond acceptors (Lipinski definition) is 2. The highest BCUT2D eigenvalue weighted by atomic mass is 19.4. The molecule has 0 radical (unpaired) electrons. The number of Topliss-reactive ketones (excluding diaryl/α,β-unsaturated/α-hetero) is 1. The number of hydrogen-bond donors (Lipinski definition) is 1. The highest BCUT2D eigenvalue weighted by Crippen LogP contribution is 2.41. The maximum absolute atomic E-state index is 12.9. The van der Waals surface area contributed by atoms with Gasteiger partial charge in [0.2, 0.25) is 0 Å². The molecule has 130 valence electrons. The SMILES string of the molecule is CC(C)(Cc1ccccc1)C(=O)C(C(O)C(F)(F)F)C(F)(F)F. The largest absolute Gasteiger partial charge is 0.415 e. The van der Waals surface area contributed by atoms with Gasteiger partial charge in [-0.2, -0.15) is 26.3 Å². The van der Waals surface area contributed by atoms with Crippen LogP contribution in [0.1, 0.15) is 19.4 Å². The van der Waals surface area contributed by atoms with Crippen molar-refractivity contribution in [1.29, 1.82) is 0 Å². The summed E-state index contributed by atoms with van der Waals surface area (Å²) >= 11 is 0. The lowest BCUT2D eigenvalue weighted by molar-refractivity contribution is -0.270. The van der Waals surface area contributed by atoms with Gasteiger partial charge in [0.25, 0.3) is 0 Å². The minimum atomic E-state index is -5.54. The Bertz CT molecular complexity index is 533. The van der Waals surface area contributed by atoms with Gasteiger partial charge in [0.1, 0.15) is 5.92 Å². The quantitative estimate of drug-likeness (QED) is 0.824. The minimum absolute atomic E-state index is 0.177. The molecule has 0 heterocycles. The predicted molar refractivity (Wildman–Crippen MR) is 70.5 cm³/mol. The van der Waals surface area contributed by atoms with E-state index < -0.39 is 35.6 Å². The molecule has 0 saturated carbocycles. The van der Waals surface area contributed by atoms with Crippen molar-refractivity contribution in [2.45, 2.75) is 38.7 Å². The van der Waals surface area contributed by atoms with Crippen LogP contribution in [0.5, 0.6) is 0 Å². The average Bonchev–Trinajstić information content (AvgIpc) is 2.36. The molecule has 0 aliphatic rings. The van der Waals surface area contributed by atoms with Crippen LogP contribution in [0.15, 0.2) is 30.3 Å². The zero-order chi connectivity index (χ0) is 18.1. The number of alkyl halides is 6. The van der Waals surface area contributed by atoms with E-state index in [1.54, 1.807) is 30.3 Å². The van der Waals surface area contributed by atoms with Crippen LogP contribution < -0.4 is 0 Å². The fourth-order valence-electron chi connectivity index (χ4n) is 2.27. The number of rotatable bonds is 5. The van der Waals surface area contributed by atoms with Crippen molar-refractivity contribution in [3.05, 3.63) is 35.9 Å². The zero-order valence-corrected chi connectivity index (χ0v) is 12.4. The van der Waals surface area contributed by atoms with Crippen molar-refractivity contribution in [3.63, 3.8) is 0 Å². The number of halogens is 6. The van der Waals surface area contributed by atoms with E-state index in [0.29, 0.717) is 5.56 Å². The Kier molecular flexibility index (Phi) is 5.51. The summed E-state index contributed by atoms with van der Waals surface area (Å²) in [4.78, 5) is 12.1. The van der Waals surface area contributed by atoms with Crippen LogP contribution in [0.3, 0.4) is 0 Å². The van der Waals surface area contributed by atoms with Crippen molar-refractivity contribution >= 4 is 5.78 Å². The highest BCUT2D eigenvalue weighted by Gasteiger charge is 2.60. The summed E-state index contributed by atoms with van der Waals surface area (Å²) in [5.41, 5.74) is -1.22. The van der Waals surface area contributed by atoms with Gasteiger partial charge in [-0.1, -0.05) is 44.2 Å². The molecule has 1 N–H and O–H groups in total. The van der Waals surface area contributed by atoms with E-state index in [0.717, 1.165) is 13.8 Å². The molecule has 2 nitrogen and oxygen atoms in total. The summed E-state index contributed by atoms with van der Waals surface area (Å²) in [7, 11) is 0. The molecule has 1 rings (SSSR count). The Morgan fingerprint density at radius 1 is 1.00 bits per heavy atom. The van der Waals surface area contributed by atoms with Crippen LogP contribution >= 0.6 is 0 Å². The Labute approximate surface area is 129 Å². The van der Waals surface area contributed by atoms with Gasteiger partial charge in [-0.3, -0.25) is 4.79 Å². The van der Waals surface area contributed by atoms with Gasteiger partial charge in [-0.15, -0.1) is 0 Å². The standard InChI is InChI=1S/C15H16F6O2/c1-13(2,8-9-6-4-3-5-7-9)11(22)10(14(16,17)18)12(23)15(19,20)21/h3-7,10,12,23H,8H2,1-2H3. The molecule has 1 aromatic carbocycles. The van der Waals surface area contributed by atoms with Gasteiger partial charge in [-0.25, -0.2) is 0 Å². The molecule has 0 aliphatic carbocycles. The number of carbonyl (C=O) groups is 1. The first-order chi connectivity index (χ1) is 10.3. The molecule has 0 spiro atoms. The van der Waals surface area contributed by atoms with Gasteiger partial charge >= 0.3 is 12.4 Å². The molecule has 8 heteroatoms. The highest BCUT2D eigenvalue weighted by molar-refractivity contribution is 5.88. The smallest absolute Gasteiger partial charge is 0.383 e. The maximum atomic E-state index is 12.9. The number of aliphatic hydroxyl groups excluding tert-OH is 1. The molecule has 0 aliphatic heterocycles. The molecule has 1 aromatic rings. The van der Waals surface area contributed by atoms with E-state index in [2.05, 4.69) is 0 Å². The van der Waals surface area contributed by atoms with E-state index >= 15 is 0 Å². The first kappa shape index (κ1) is 19.5. The summed E-state index contributed by atoms with van der Waals surface area (Å²) < 4.78 is 76.3. The van der Waals surface area contributed by atoms with Crippen LogP contribution in [-0.2, 0) is 11.2 Å². The van der Waals surface area contributed by atoms with Crippen molar-refractivity contribution in [2.75, 3.05) is 0 Å². The lowest BCUT2D eigenvalue weighted by Gasteiger charge is -2.32. The van der Waals surface area contributed by atoms with Crippen LogP contribution in [0.2, 0.25) is 0 Å². The Morgan fingerprint density at radius 3 is 1.87 bits per heavy atom. The molecule has 23 heavy (non-hydrogen) atoms. The van der Waals surface area contributed by atoms with Gasteiger partial charge < -0.3 is 5.11 Å². The molecule has 0 saturated heterocycles. The first-order valence-corrected chi connectivity index (χ1v) is 6.66. The molecular formula is C15H16F6O2. The zero-order valence-electron chi connectivity index (χ0n) is 12.4. The third-order valence-corrected chi connectivity index (χ3v) is 3.44. The van der Waals surface area contributed by atoms with Gasteiger partial charge in [-0.05, 0) is 12.0 Å². The monoisotopic (exact) mass is 342 g/mol. The molecule has 2 unspecified atom stereocenters. The van der Waals surface area contributed by atoms with Gasteiger partial charge in [0.05, 0.1) is 0 Å². The summed E-state index contributed by atoms with van der Waals surface area (Å²) in [5, 5.41) is 9.02. The topological polar surface area (TPSA) is 37.3 Å². The number of carbonyl (C=O) groups excluding carboxylic acids is 1. The van der Waals surface area contributed by atoms with Gasteiger partial charge in [0, 0.05) is 5.41 Å². The molecule has 0 fully saturated rings. The molecule has 0 bridgehead atoms. The fourth-order valence-corrected chi connectivity index (χ4v) is 2.27. The van der Waals surface area contributed by atoms with E-state index in [1.807, 2.05) is 0 Å². The van der Waals surface area contributed by atoms with Crippen LogP contribution in [0.25, 0.3) is 0 Å². The summed E-state index contributed by atoms with van der Waals surface area (Å²) in [6.07, 6.45) is -15.0. The lowest BCUT2D eigenvalue weighted by Crippen LogP contribution is -2.51. The van der Waals surface area contributed by atoms with Crippen molar-refractivity contribution in [3.8, 4) is 0 Å². The normalized spacial score (nSPS) is 16.0. The third-order valence-electron chi connectivity index (χ3n) is 3.44. The second-order valence-electron chi connectivity index (χ2n) is 5.92. The van der Waals surface area contributed by atoms with E-state index in [4.69, 9.17) is 5.11 Å². The molecular weight excluding hydrogens is 326 g/mol. The van der Waals surface area contributed by atoms with Crippen LogP contribution in [0.4, 0.5) is 26.3 Å². The second kappa shape index (κ2) is 6.51. The Morgan fingerprint density at radius 2 is 1.48 bits per heavy atom. The van der Waals surface area contributed by atoms with Crippen molar-refractivity contribution in [2.24, 2.45) is 11.3 Å². The second-order valence-corrected chi connectivity index (χ2v) is 5.92. The van der Waals surface area contributed by atoms with Crippen molar-refractivity contribution < 1.29 is 36.2 Å². The minimum Gasteiger partial charge on any atom is -0.383 e. The summed E-state index contributed by atoms with van der Waals surface area (Å²) in [6, 6.07) is 7.96. The number of benzene rings is 1. The predicted octanol–water partition coefficient (Wildman–Crippen LogP) is 3.93. The average molecular weight is 342 g/mol. The molecule has 0 amide bonds. The Balaban J connectivity index is 3.13.